The molecule has 106 valence electrons. The number of rotatable bonds is 5. The van der Waals surface area contributed by atoms with Crippen molar-refractivity contribution in [2.75, 3.05) is 24.6 Å². The lowest BCUT2D eigenvalue weighted by atomic mass is 10.1. The number of benzene rings is 1. The molecular weight excluding hydrogens is 250 g/mol. The molecule has 2 rings (SSSR count). The molecule has 1 aliphatic heterocycles. The molecule has 1 unspecified atom stereocenters. The van der Waals surface area contributed by atoms with Crippen LogP contribution in [0.3, 0.4) is 0 Å². The van der Waals surface area contributed by atoms with Gasteiger partial charge in [0.2, 0.25) is 0 Å². The number of halogens is 2. The van der Waals surface area contributed by atoms with Crippen molar-refractivity contribution in [1.82, 2.24) is 0 Å². The summed E-state index contributed by atoms with van der Waals surface area (Å²) in [5, 5.41) is 0. The largest absolute Gasteiger partial charge is 0.376 e. The Morgan fingerprint density at radius 2 is 2.05 bits per heavy atom. The van der Waals surface area contributed by atoms with Gasteiger partial charge in [0.15, 0.2) is 0 Å². The van der Waals surface area contributed by atoms with Gasteiger partial charge in [-0.25, -0.2) is 8.78 Å². The van der Waals surface area contributed by atoms with E-state index in [2.05, 4.69) is 0 Å². The Kier molecular flexibility index (Phi) is 4.71. The van der Waals surface area contributed by atoms with Crippen molar-refractivity contribution in [2.45, 2.75) is 32.4 Å². The molecule has 0 radical (unpaired) electrons. The Morgan fingerprint density at radius 3 is 2.53 bits per heavy atom. The second kappa shape index (κ2) is 6.30. The third-order valence-corrected chi connectivity index (χ3v) is 3.46. The summed E-state index contributed by atoms with van der Waals surface area (Å²) in [6.07, 6.45) is 2.02. The van der Waals surface area contributed by atoms with Crippen molar-refractivity contribution in [3.05, 3.63) is 29.3 Å². The van der Waals surface area contributed by atoms with Gasteiger partial charge >= 0.3 is 0 Å². The highest BCUT2D eigenvalue weighted by Gasteiger charge is 2.23. The Hall–Kier alpha value is -1.20. The standard InChI is InChI=1S/C14H20F2N2O/c1-2-18(9-11-4-3-5-19-11)14-12(15)6-10(8-17)7-13(14)16/h6-7,11H,2-5,8-9,17H2,1H3. The highest BCUT2D eigenvalue weighted by atomic mass is 19.1. The molecule has 5 heteroatoms. The van der Waals surface area contributed by atoms with Crippen LogP contribution in [0.2, 0.25) is 0 Å². The summed E-state index contributed by atoms with van der Waals surface area (Å²) in [5.74, 6) is -1.11. The molecule has 1 aromatic carbocycles. The van der Waals surface area contributed by atoms with Crippen molar-refractivity contribution < 1.29 is 13.5 Å². The van der Waals surface area contributed by atoms with Crippen LogP contribution in [0.1, 0.15) is 25.3 Å². The van der Waals surface area contributed by atoms with Crippen molar-refractivity contribution >= 4 is 5.69 Å². The smallest absolute Gasteiger partial charge is 0.149 e. The summed E-state index contributed by atoms with van der Waals surface area (Å²) < 4.78 is 33.6. The molecule has 3 nitrogen and oxygen atoms in total. The summed E-state index contributed by atoms with van der Waals surface area (Å²) in [5.41, 5.74) is 5.90. The number of nitrogens with zero attached hydrogens (tertiary/aromatic N) is 1. The third-order valence-electron chi connectivity index (χ3n) is 3.46. The Labute approximate surface area is 112 Å². The maximum Gasteiger partial charge on any atom is 0.149 e. The van der Waals surface area contributed by atoms with Crippen molar-refractivity contribution in [2.24, 2.45) is 5.73 Å². The first kappa shape index (κ1) is 14.2. The fourth-order valence-electron chi connectivity index (χ4n) is 2.45. The minimum Gasteiger partial charge on any atom is -0.376 e. The number of hydrogen-bond acceptors (Lipinski definition) is 3. The Morgan fingerprint density at radius 1 is 1.37 bits per heavy atom. The highest BCUT2D eigenvalue weighted by Crippen LogP contribution is 2.26. The summed E-state index contributed by atoms with van der Waals surface area (Å²) in [6.45, 7) is 3.80. The average Bonchev–Trinajstić information content (AvgIpc) is 2.89. The number of hydrogen-bond donors (Lipinski definition) is 1. The van der Waals surface area contributed by atoms with Gasteiger partial charge in [-0.3, -0.25) is 0 Å². The van der Waals surface area contributed by atoms with Crippen LogP contribution in [-0.2, 0) is 11.3 Å². The van der Waals surface area contributed by atoms with E-state index < -0.39 is 11.6 Å². The van der Waals surface area contributed by atoms with Gasteiger partial charge < -0.3 is 15.4 Å². The monoisotopic (exact) mass is 270 g/mol. The quantitative estimate of drug-likeness (QED) is 0.893. The topological polar surface area (TPSA) is 38.5 Å². The third kappa shape index (κ3) is 3.22. The van der Waals surface area contributed by atoms with Crippen LogP contribution in [0.4, 0.5) is 14.5 Å². The van der Waals surface area contributed by atoms with Crippen LogP contribution in [0.5, 0.6) is 0 Å². The zero-order valence-corrected chi connectivity index (χ0v) is 11.2. The van der Waals surface area contributed by atoms with Crippen molar-refractivity contribution in [1.29, 1.82) is 0 Å². The summed E-state index contributed by atoms with van der Waals surface area (Å²) >= 11 is 0. The molecule has 1 heterocycles. The Bertz CT molecular complexity index is 410. The van der Waals surface area contributed by atoms with E-state index >= 15 is 0 Å². The lowest BCUT2D eigenvalue weighted by Crippen LogP contribution is -2.33. The number of anilines is 1. The van der Waals surface area contributed by atoms with Crippen LogP contribution in [-0.4, -0.2) is 25.8 Å². The van der Waals surface area contributed by atoms with Gasteiger partial charge in [0.1, 0.15) is 17.3 Å². The van der Waals surface area contributed by atoms with Gasteiger partial charge in [-0.2, -0.15) is 0 Å². The van der Waals surface area contributed by atoms with Gasteiger partial charge in [0.05, 0.1) is 6.10 Å². The molecule has 1 saturated heterocycles. The average molecular weight is 270 g/mol. The molecule has 1 aromatic rings. The van der Waals surface area contributed by atoms with Gasteiger partial charge in [-0.1, -0.05) is 0 Å². The van der Waals surface area contributed by atoms with E-state index in [9.17, 15) is 8.78 Å². The predicted molar refractivity (Wildman–Crippen MR) is 71.1 cm³/mol. The van der Waals surface area contributed by atoms with E-state index in [0.717, 1.165) is 19.4 Å². The van der Waals surface area contributed by atoms with Crippen LogP contribution in [0, 0.1) is 11.6 Å². The maximum atomic E-state index is 14.0. The predicted octanol–water partition coefficient (Wildman–Crippen LogP) is 2.43. The molecule has 19 heavy (non-hydrogen) atoms. The fraction of sp³-hybridized carbons (Fsp3) is 0.571. The van der Waals surface area contributed by atoms with E-state index in [1.165, 1.54) is 12.1 Å². The number of likely N-dealkylation sites (N-methyl/N-ethyl adjacent to an activating group) is 1. The van der Waals surface area contributed by atoms with E-state index in [0.29, 0.717) is 18.7 Å². The van der Waals surface area contributed by atoms with Gasteiger partial charge in [-0.05, 0) is 37.5 Å². The molecule has 2 N–H and O–H groups in total. The normalized spacial score (nSPS) is 18.8. The van der Waals surface area contributed by atoms with Crippen LogP contribution in [0.25, 0.3) is 0 Å². The molecule has 0 spiro atoms. The zero-order chi connectivity index (χ0) is 13.8. The van der Waals surface area contributed by atoms with Gasteiger partial charge in [0.25, 0.3) is 0 Å². The lowest BCUT2D eigenvalue weighted by Gasteiger charge is -2.27. The molecule has 0 aromatic heterocycles. The lowest BCUT2D eigenvalue weighted by molar-refractivity contribution is 0.115. The zero-order valence-electron chi connectivity index (χ0n) is 11.2. The van der Waals surface area contributed by atoms with E-state index in [1.54, 1.807) is 4.90 Å². The SMILES string of the molecule is CCN(CC1CCCO1)c1c(F)cc(CN)cc1F. The Balaban J connectivity index is 2.21. The molecule has 0 amide bonds. The van der Waals surface area contributed by atoms with E-state index in [-0.39, 0.29) is 18.3 Å². The highest BCUT2D eigenvalue weighted by molar-refractivity contribution is 5.50. The van der Waals surface area contributed by atoms with Gasteiger partial charge in [-0.15, -0.1) is 0 Å². The molecule has 1 fully saturated rings. The molecule has 1 aliphatic rings. The molecule has 1 atom stereocenters. The van der Waals surface area contributed by atoms with E-state index in [1.807, 2.05) is 6.92 Å². The first-order valence-electron chi connectivity index (χ1n) is 6.70. The molecular formula is C14H20F2N2O. The van der Waals surface area contributed by atoms with Gasteiger partial charge in [0, 0.05) is 26.2 Å². The second-order valence-electron chi connectivity index (χ2n) is 4.79. The minimum atomic E-state index is -0.555. The van der Waals surface area contributed by atoms with Crippen LogP contribution < -0.4 is 10.6 Å². The van der Waals surface area contributed by atoms with Crippen molar-refractivity contribution in [3.63, 3.8) is 0 Å². The summed E-state index contributed by atoms with van der Waals surface area (Å²) in [4.78, 5) is 1.70. The first-order valence-corrected chi connectivity index (χ1v) is 6.70. The summed E-state index contributed by atoms with van der Waals surface area (Å²) in [7, 11) is 0. The van der Waals surface area contributed by atoms with E-state index in [4.69, 9.17) is 10.5 Å². The second-order valence-corrected chi connectivity index (χ2v) is 4.79. The summed E-state index contributed by atoms with van der Waals surface area (Å²) in [6, 6.07) is 2.60. The first-order chi connectivity index (χ1) is 9.15. The van der Waals surface area contributed by atoms with Crippen LogP contribution in [0.15, 0.2) is 12.1 Å². The van der Waals surface area contributed by atoms with Crippen molar-refractivity contribution in [3.8, 4) is 0 Å². The maximum absolute atomic E-state index is 14.0. The fourth-order valence-corrected chi connectivity index (χ4v) is 2.45. The number of ether oxygens (including phenoxy) is 1. The minimum absolute atomic E-state index is 0.0233. The van der Waals surface area contributed by atoms with Crippen LogP contribution >= 0.6 is 0 Å². The molecule has 0 bridgehead atoms. The number of nitrogens with two attached hydrogens (primary N) is 1. The molecule has 0 saturated carbocycles. The molecule has 0 aliphatic carbocycles.